The first-order valence-electron chi connectivity index (χ1n) is 11.8. The minimum atomic E-state index is -0.535. The Hall–Kier alpha value is -3.02. The summed E-state index contributed by atoms with van der Waals surface area (Å²) in [7, 11) is 0. The van der Waals surface area contributed by atoms with Crippen molar-refractivity contribution in [1.82, 2.24) is 10.2 Å². The predicted octanol–water partition coefficient (Wildman–Crippen LogP) is 5.56. The summed E-state index contributed by atoms with van der Waals surface area (Å²) in [6, 6.07) is 17.4. The van der Waals surface area contributed by atoms with Crippen molar-refractivity contribution in [3.8, 4) is 5.75 Å². The van der Waals surface area contributed by atoms with Gasteiger partial charge in [-0.15, -0.1) is 0 Å². The molecule has 1 saturated carbocycles. The van der Waals surface area contributed by atoms with Crippen LogP contribution in [0.2, 0.25) is 0 Å². The van der Waals surface area contributed by atoms with E-state index in [1.165, 1.54) is 0 Å². The standard InChI is InChI=1S/C27H36N2O4/c1-5-29(22-15-11-14-21(18-22)28-26(31)33-27(2,3)4)25(30)23-16-9-10-17-24(23)32-19-20-12-7-6-8-13-20/h6-10,12-13,16-17,21-22H,5,11,14-15,18-19H2,1-4H3,(H,28,31)/t21-,22+/m0/s1. The molecule has 0 heterocycles. The van der Waals surface area contributed by atoms with Gasteiger partial charge in [-0.1, -0.05) is 42.5 Å². The number of hydrogen-bond donors (Lipinski definition) is 1. The van der Waals surface area contributed by atoms with E-state index >= 15 is 0 Å². The third-order valence-electron chi connectivity index (χ3n) is 5.76. The second kappa shape index (κ2) is 11.2. The molecule has 0 aromatic heterocycles. The molecule has 1 aliphatic carbocycles. The number of carbonyl (C=O) groups is 2. The van der Waals surface area contributed by atoms with Gasteiger partial charge in [0.25, 0.3) is 5.91 Å². The normalized spacial score (nSPS) is 18.3. The van der Waals surface area contributed by atoms with Crippen LogP contribution in [0.25, 0.3) is 0 Å². The number of carbonyl (C=O) groups excluding carboxylic acids is 2. The van der Waals surface area contributed by atoms with Gasteiger partial charge in [-0.05, 0) is 71.1 Å². The zero-order valence-corrected chi connectivity index (χ0v) is 20.2. The molecular formula is C27H36N2O4. The Morgan fingerprint density at radius 3 is 2.42 bits per heavy atom. The van der Waals surface area contributed by atoms with Crippen LogP contribution in [0.1, 0.15) is 69.3 Å². The van der Waals surface area contributed by atoms with Gasteiger partial charge in [0.05, 0.1) is 5.56 Å². The van der Waals surface area contributed by atoms with E-state index in [4.69, 9.17) is 9.47 Å². The average Bonchev–Trinajstić information content (AvgIpc) is 2.78. The van der Waals surface area contributed by atoms with Crippen LogP contribution in [0.5, 0.6) is 5.75 Å². The van der Waals surface area contributed by atoms with Crippen molar-refractivity contribution in [3.05, 3.63) is 65.7 Å². The molecular weight excluding hydrogens is 416 g/mol. The summed E-state index contributed by atoms with van der Waals surface area (Å²) < 4.78 is 11.4. The van der Waals surface area contributed by atoms with E-state index in [0.717, 1.165) is 24.8 Å². The van der Waals surface area contributed by atoms with Gasteiger partial charge < -0.3 is 19.7 Å². The number of nitrogens with one attached hydrogen (secondary N) is 1. The van der Waals surface area contributed by atoms with Crippen molar-refractivity contribution >= 4 is 12.0 Å². The molecule has 33 heavy (non-hydrogen) atoms. The number of alkyl carbamates (subject to hydrolysis) is 1. The molecule has 0 radical (unpaired) electrons. The fraction of sp³-hybridized carbons (Fsp3) is 0.481. The molecule has 6 heteroatoms. The zero-order chi connectivity index (χ0) is 23.8. The lowest BCUT2D eigenvalue weighted by molar-refractivity contribution is 0.0460. The molecule has 3 rings (SSSR count). The number of nitrogens with zero attached hydrogens (tertiary/aromatic N) is 1. The SMILES string of the molecule is CCN(C(=O)c1ccccc1OCc1ccccc1)[C@@H]1CCC[C@H](NC(=O)OC(C)(C)C)C1. The second-order valence-corrected chi connectivity index (χ2v) is 9.53. The van der Waals surface area contributed by atoms with Crippen LogP contribution in [0.4, 0.5) is 4.79 Å². The van der Waals surface area contributed by atoms with Gasteiger partial charge in [-0.2, -0.15) is 0 Å². The topological polar surface area (TPSA) is 67.9 Å². The molecule has 2 aromatic rings. The number of ether oxygens (including phenoxy) is 2. The molecule has 0 spiro atoms. The quantitative estimate of drug-likeness (QED) is 0.597. The maximum Gasteiger partial charge on any atom is 0.407 e. The first kappa shape index (κ1) is 24.6. The van der Waals surface area contributed by atoms with Crippen LogP contribution < -0.4 is 10.1 Å². The van der Waals surface area contributed by atoms with Gasteiger partial charge in [0.1, 0.15) is 18.0 Å². The van der Waals surface area contributed by atoms with E-state index in [1.54, 1.807) is 0 Å². The molecule has 0 unspecified atom stereocenters. The van der Waals surface area contributed by atoms with E-state index in [-0.39, 0.29) is 18.0 Å². The Labute approximate surface area is 197 Å². The van der Waals surface area contributed by atoms with Gasteiger partial charge >= 0.3 is 6.09 Å². The Bertz CT molecular complexity index is 923. The summed E-state index contributed by atoms with van der Waals surface area (Å²) in [6.07, 6.45) is 3.06. The summed E-state index contributed by atoms with van der Waals surface area (Å²) in [5.41, 5.74) is 1.08. The highest BCUT2D eigenvalue weighted by Crippen LogP contribution is 2.28. The minimum absolute atomic E-state index is 0.00924. The molecule has 0 bridgehead atoms. The zero-order valence-electron chi connectivity index (χ0n) is 20.2. The largest absolute Gasteiger partial charge is 0.488 e. The van der Waals surface area contributed by atoms with E-state index in [2.05, 4.69) is 5.32 Å². The molecule has 6 nitrogen and oxygen atoms in total. The number of rotatable bonds is 7. The number of hydrogen-bond acceptors (Lipinski definition) is 4. The van der Waals surface area contributed by atoms with Crippen LogP contribution in [0.15, 0.2) is 54.6 Å². The van der Waals surface area contributed by atoms with Crippen LogP contribution in [0, 0.1) is 0 Å². The van der Waals surface area contributed by atoms with E-state index in [1.807, 2.05) is 87.2 Å². The molecule has 2 amide bonds. The first-order chi connectivity index (χ1) is 15.8. The average molecular weight is 453 g/mol. The first-order valence-corrected chi connectivity index (χ1v) is 11.8. The van der Waals surface area contributed by atoms with Crippen LogP contribution in [0.3, 0.4) is 0 Å². The lowest BCUT2D eigenvalue weighted by Crippen LogP contribution is -2.48. The van der Waals surface area contributed by atoms with Crippen LogP contribution >= 0.6 is 0 Å². The summed E-state index contributed by atoms with van der Waals surface area (Å²) >= 11 is 0. The Morgan fingerprint density at radius 1 is 1.03 bits per heavy atom. The molecule has 1 fully saturated rings. The highest BCUT2D eigenvalue weighted by atomic mass is 16.6. The van der Waals surface area contributed by atoms with Gasteiger partial charge in [-0.25, -0.2) is 4.79 Å². The van der Waals surface area contributed by atoms with Crippen molar-refractivity contribution in [2.24, 2.45) is 0 Å². The monoisotopic (exact) mass is 452 g/mol. The molecule has 178 valence electrons. The minimum Gasteiger partial charge on any atom is -0.488 e. The molecule has 0 aliphatic heterocycles. The maximum atomic E-state index is 13.6. The lowest BCUT2D eigenvalue weighted by atomic mass is 9.89. The van der Waals surface area contributed by atoms with Crippen molar-refractivity contribution in [3.63, 3.8) is 0 Å². The highest BCUT2D eigenvalue weighted by molar-refractivity contribution is 5.97. The molecule has 1 aliphatic rings. The van der Waals surface area contributed by atoms with Crippen molar-refractivity contribution in [1.29, 1.82) is 0 Å². The summed E-state index contributed by atoms with van der Waals surface area (Å²) in [6.45, 7) is 8.55. The molecule has 2 atom stereocenters. The fourth-order valence-corrected chi connectivity index (χ4v) is 4.28. The van der Waals surface area contributed by atoms with Gasteiger partial charge in [0.2, 0.25) is 0 Å². The van der Waals surface area contributed by atoms with Crippen LogP contribution in [-0.2, 0) is 11.3 Å². The summed E-state index contributed by atoms with van der Waals surface area (Å²) in [5, 5.41) is 2.99. The van der Waals surface area contributed by atoms with Gasteiger partial charge in [-0.3, -0.25) is 4.79 Å². The Morgan fingerprint density at radius 2 is 1.73 bits per heavy atom. The van der Waals surface area contributed by atoms with E-state index in [9.17, 15) is 9.59 Å². The lowest BCUT2D eigenvalue weighted by Gasteiger charge is -2.37. The van der Waals surface area contributed by atoms with Crippen molar-refractivity contribution < 1.29 is 19.1 Å². The highest BCUT2D eigenvalue weighted by Gasteiger charge is 2.31. The smallest absolute Gasteiger partial charge is 0.407 e. The van der Waals surface area contributed by atoms with E-state index in [0.29, 0.717) is 30.9 Å². The fourth-order valence-electron chi connectivity index (χ4n) is 4.28. The van der Waals surface area contributed by atoms with Crippen LogP contribution in [-0.4, -0.2) is 41.1 Å². The second-order valence-electron chi connectivity index (χ2n) is 9.53. The van der Waals surface area contributed by atoms with Crippen molar-refractivity contribution in [2.75, 3.05) is 6.54 Å². The third kappa shape index (κ3) is 7.24. The molecule has 0 saturated heterocycles. The maximum absolute atomic E-state index is 13.6. The molecule has 1 N–H and O–H groups in total. The van der Waals surface area contributed by atoms with Gasteiger partial charge in [0, 0.05) is 18.6 Å². The Balaban J connectivity index is 1.67. The predicted molar refractivity (Wildman–Crippen MR) is 129 cm³/mol. The third-order valence-corrected chi connectivity index (χ3v) is 5.76. The Kier molecular flexibility index (Phi) is 8.37. The number of amides is 2. The van der Waals surface area contributed by atoms with Gasteiger partial charge in [0.15, 0.2) is 0 Å². The summed E-state index contributed by atoms with van der Waals surface area (Å²) in [4.78, 5) is 27.7. The molecule has 2 aromatic carbocycles. The van der Waals surface area contributed by atoms with Crippen molar-refractivity contribution in [2.45, 2.75) is 77.7 Å². The van der Waals surface area contributed by atoms with E-state index < -0.39 is 11.7 Å². The summed E-state index contributed by atoms with van der Waals surface area (Å²) in [5.74, 6) is 0.549. The number of benzene rings is 2. The number of para-hydroxylation sites is 1.